The quantitative estimate of drug-likeness (QED) is 0.362. The number of nitrogens with one attached hydrogen (secondary N) is 1. The van der Waals surface area contributed by atoms with E-state index in [4.69, 9.17) is 0 Å². The SMILES string of the molecule is CCc1ccc(N=C(SCC(=O)Nc2ccc(Br)cc2C)c2c(O)n(C)c(=O)n(C)c2=O)cc1. The third-order valence-corrected chi connectivity index (χ3v) is 6.69. The molecule has 0 unspecified atom stereocenters. The molecule has 0 radical (unpaired) electrons. The molecule has 0 atom stereocenters. The number of benzene rings is 2. The second-order valence-corrected chi connectivity index (χ2v) is 9.52. The minimum atomic E-state index is -0.693. The molecular weight excluding hydrogens is 520 g/mol. The first-order valence-electron chi connectivity index (χ1n) is 10.5. The van der Waals surface area contributed by atoms with Gasteiger partial charge in [-0.1, -0.05) is 46.7 Å². The molecule has 1 aromatic heterocycles. The number of halogens is 1. The van der Waals surface area contributed by atoms with Crippen molar-refractivity contribution in [3.8, 4) is 5.88 Å². The van der Waals surface area contributed by atoms with Crippen LogP contribution in [-0.4, -0.2) is 30.9 Å². The van der Waals surface area contributed by atoms with Crippen LogP contribution in [0.15, 0.2) is 61.5 Å². The molecule has 3 rings (SSSR count). The Bertz CT molecular complexity index is 1380. The average Bonchev–Trinajstić information content (AvgIpc) is 2.82. The largest absolute Gasteiger partial charge is 0.494 e. The van der Waals surface area contributed by atoms with Gasteiger partial charge in [-0.3, -0.25) is 18.7 Å². The normalized spacial score (nSPS) is 11.5. The van der Waals surface area contributed by atoms with Gasteiger partial charge in [0, 0.05) is 24.3 Å². The number of nitrogens with zero attached hydrogens (tertiary/aromatic N) is 3. The molecule has 1 heterocycles. The maximum Gasteiger partial charge on any atom is 0.333 e. The molecule has 0 saturated carbocycles. The molecule has 2 N–H and O–H groups in total. The second kappa shape index (κ2) is 10.9. The predicted molar refractivity (Wildman–Crippen MR) is 141 cm³/mol. The van der Waals surface area contributed by atoms with Crippen LogP contribution in [0.2, 0.25) is 0 Å². The second-order valence-electron chi connectivity index (χ2n) is 7.64. The van der Waals surface area contributed by atoms with Gasteiger partial charge in [0.15, 0.2) is 0 Å². The van der Waals surface area contributed by atoms with Crippen LogP contribution in [0.1, 0.15) is 23.6 Å². The van der Waals surface area contributed by atoms with Gasteiger partial charge in [0.1, 0.15) is 10.6 Å². The number of carbonyl (C=O) groups is 1. The van der Waals surface area contributed by atoms with E-state index >= 15 is 0 Å². The van der Waals surface area contributed by atoms with E-state index in [0.29, 0.717) is 11.4 Å². The van der Waals surface area contributed by atoms with E-state index in [0.717, 1.165) is 42.9 Å². The molecule has 0 aliphatic heterocycles. The van der Waals surface area contributed by atoms with Crippen LogP contribution >= 0.6 is 27.7 Å². The molecule has 178 valence electrons. The smallest absolute Gasteiger partial charge is 0.333 e. The highest BCUT2D eigenvalue weighted by atomic mass is 79.9. The summed E-state index contributed by atoms with van der Waals surface area (Å²) in [6.07, 6.45) is 0.864. The maximum atomic E-state index is 12.9. The summed E-state index contributed by atoms with van der Waals surface area (Å²) in [7, 11) is 2.69. The minimum absolute atomic E-state index is 0.0627. The van der Waals surface area contributed by atoms with Gasteiger partial charge in [0.2, 0.25) is 11.8 Å². The Labute approximate surface area is 209 Å². The van der Waals surface area contributed by atoms with Crippen molar-refractivity contribution in [3.05, 3.63) is 84.5 Å². The van der Waals surface area contributed by atoms with Gasteiger partial charge in [-0.15, -0.1) is 0 Å². The Morgan fingerprint density at radius 1 is 1.12 bits per heavy atom. The summed E-state index contributed by atoms with van der Waals surface area (Å²) in [6, 6.07) is 12.9. The molecule has 3 aromatic rings. The fourth-order valence-corrected chi connectivity index (χ4v) is 4.50. The fraction of sp³-hybridized carbons (Fsp3) is 0.250. The highest BCUT2D eigenvalue weighted by Gasteiger charge is 2.22. The summed E-state index contributed by atoms with van der Waals surface area (Å²) in [5.41, 5.74) is 1.75. The maximum absolute atomic E-state index is 12.9. The van der Waals surface area contributed by atoms with Gasteiger partial charge in [-0.2, -0.15) is 0 Å². The molecule has 0 aliphatic rings. The van der Waals surface area contributed by atoms with Crippen LogP contribution in [0.4, 0.5) is 11.4 Å². The van der Waals surface area contributed by atoms with E-state index in [-0.39, 0.29) is 22.3 Å². The van der Waals surface area contributed by atoms with Crippen molar-refractivity contribution in [2.45, 2.75) is 20.3 Å². The summed E-state index contributed by atoms with van der Waals surface area (Å²) < 4.78 is 2.77. The van der Waals surface area contributed by atoms with Crippen LogP contribution < -0.4 is 16.6 Å². The summed E-state index contributed by atoms with van der Waals surface area (Å²) in [4.78, 5) is 42.3. The lowest BCUT2D eigenvalue weighted by atomic mass is 10.1. The number of thioether (sulfide) groups is 1. The van der Waals surface area contributed by atoms with E-state index < -0.39 is 17.1 Å². The van der Waals surface area contributed by atoms with E-state index in [1.165, 1.54) is 14.1 Å². The van der Waals surface area contributed by atoms with Crippen LogP contribution in [0.25, 0.3) is 0 Å². The Morgan fingerprint density at radius 2 is 1.79 bits per heavy atom. The number of aromatic nitrogens is 2. The van der Waals surface area contributed by atoms with Crippen molar-refractivity contribution in [1.29, 1.82) is 0 Å². The Balaban J connectivity index is 1.97. The number of aromatic hydroxyl groups is 1. The molecular formula is C24H25BrN4O4S. The van der Waals surface area contributed by atoms with Gasteiger partial charge in [-0.25, -0.2) is 9.79 Å². The third-order valence-electron chi connectivity index (χ3n) is 5.23. The number of anilines is 1. The van der Waals surface area contributed by atoms with E-state index in [1.807, 2.05) is 38.1 Å². The molecule has 10 heteroatoms. The van der Waals surface area contributed by atoms with Crippen molar-refractivity contribution in [2.75, 3.05) is 11.1 Å². The predicted octanol–water partition coefficient (Wildman–Crippen LogP) is 3.87. The van der Waals surface area contributed by atoms with E-state index in [1.54, 1.807) is 18.2 Å². The zero-order chi connectivity index (χ0) is 25.0. The molecule has 0 fully saturated rings. The van der Waals surface area contributed by atoms with Gasteiger partial charge >= 0.3 is 5.69 Å². The van der Waals surface area contributed by atoms with Gasteiger partial charge < -0.3 is 10.4 Å². The molecule has 0 bridgehead atoms. The van der Waals surface area contributed by atoms with Crippen molar-refractivity contribution >= 4 is 50.0 Å². The number of aliphatic imine (C=N–C) groups is 1. The zero-order valence-electron chi connectivity index (χ0n) is 19.3. The molecule has 8 nitrogen and oxygen atoms in total. The minimum Gasteiger partial charge on any atom is -0.494 e. The zero-order valence-corrected chi connectivity index (χ0v) is 21.7. The average molecular weight is 545 g/mol. The van der Waals surface area contributed by atoms with E-state index in [2.05, 4.69) is 26.2 Å². The van der Waals surface area contributed by atoms with Gasteiger partial charge in [0.25, 0.3) is 5.56 Å². The number of rotatable bonds is 6. The topological polar surface area (TPSA) is 106 Å². The first-order chi connectivity index (χ1) is 16.1. The van der Waals surface area contributed by atoms with Crippen molar-refractivity contribution in [3.63, 3.8) is 0 Å². The lowest BCUT2D eigenvalue weighted by molar-refractivity contribution is -0.113. The third kappa shape index (κ3) is 5.68. The lowest BCUT2D eigenvalue weighted by Crippen LogP contribution is -2.39. The lowest BCUT2D eigenvalue weighted by Gasteiger charge is -2.13. The first-order valence-corrected chi connectivity index (χ1v) is 12.3. The van der Waals surface area contributed by atoms with Crippen LogP contribution in [0.3, 0.4) is 0 Å². The molecule has 0 aliphatic carbocycles. The van der Waals surface area contributed by atoms with Crippen LogP contribution in [0.5, 0.6) is 5.88 Å². The summed E-state index contributed by atoms with van der Waals surface area (Å²) in [5, 5.41) is 13.6. The first kappa shape index (κ1) is 25.5. The van der Waals surface area contributed by atoms with Crippen molar-refractivity contribution in [2.24, 2.45) is 19.1 Å². The van der Waals surface area contributed by atoms with Crippen LogP contribution in [0, 0.1) is 6.92 Å². The fourth-order valence-electron chi connectivity index (χ4n) is 3.19. The highest BCUT2D eigenvalue weighted by Crippen LogP contribution is 2.24. The number of hydrogen-bond acceptors (Lipinski definition) is 6. The molecule has 2 aromatic carbocycles. The summed E-state index contributed by atoms with van der Waals surface area (Å²) >= 11 is 4.40. The molecule has 1 amide bonds. The number of amides is 1. The molecule has 34 heavy (non-hydrogen) atoms. The highest BCUT2D eigenvalue weighted by molar-refractivity contribution is 9.10. The van der Waals surface area contributed by atoms with Gasteiger partial charge in [0.05, 0.1) is 11.4 Å². The van der Waals surface area contributed by atoms with Gasteiger partial charge in [-0.05, 0) is 54.8 Å². The molecule has 0 spiro atoms. The standard InChI is InChI=1S/C24H25BrN4O4S/c1-5-15-6-9-17(10-7-15)26-21(20-22(31)28(3)24(33)29(4)23(20)32)34-13-19(30)27-18-11-8-16(25)12-14(18)2/h6-12,31H,5,13H2,1-4H3,(H,27,30). The number of hydrogen-bond donors (Lipinski definition) is 2. The van der Waals surface area contributed by atoms with Crippen molar-refractivity contribution < 1.29 is 9.90 Å². The summed E-state index contributed by atoms with van der Waals surface area (Å²) in [5.74, 6) is -0.869. The number of aryl methyl sites for hydroxylation is 2. The van der Waals surface area contributed by atoms with E-state index in [9.17, 15) is 19.5 Å². The Kier molecular flexibility index (Phi) is 8.16. The Hall–Kier alpha value is -3.11. The monoisotopic (exact) mass is 544 g/mol. The summed E-state index contributed by atoms with van der Waals surface area (Å²) in [6.45, 7) is 3.92. The molecule has 0 saturated heterocycles. The van der Waals surface area contributed by atoms with Crippen molar-refractivity contribution in [1.82, 2.24) is 9.13 Å². The van der Waals surface area contributed by atoms with Crippen LogP contribution in [-0.2, 0) is 25.3 Å². The Morgan fingerprint density at radius 3 is 2.41 bits per heavy atom. The number of carbonyl (C=O) groups excluding carboxylic acids is 1.